The number of aromatic hydroxyl groups is 1. The summed E-state index contributed by atoms with van der Waals surface area (Å²) < 4.78 is 0. The van der Waals surface area contributed by atoms with Crippen molar-refractivity contribution in [2.45, 2.75) is 46.6 Å². The average molecular weight is 288 g/mol. The molecule has 21 heavy (non-hydrogen) atoms. The van der Waals surface area contributed by atoms with E-state index in [0.717, 1.165) is 49.3 Å². The maximum Gasteiger partial charge on any atom is 0.123 e. The number of aryl methyl sites for hydroxylation is 1. The van der Waals surface area contributed by atoms with E-state index in [9.17, 15) is 5.11 Å². The maximum absolute atomic E-state index is 10.0. The lowest BCUT2D eigenvalue weighted by molar-refractivity contribution is 0.240. The van der Waals surface area contributed by atoms with Gasteiger partial charge in [-0.25, -0.2) is 0 Å². The van der Waals surface area contributed by atoms with E-state index in [1.807, 2.05) is 19.9 Å². The van der Waals surface area contributed by atoms with E-state index in [1.165, 1.54) is 5.57 Å². The Kier molecular flexibility index (Phi) is 5.29. The van der Waals surface area contributed by atoms with Gasteiger partial charge in [0, 0.05) is 36.9 Å². The van der Waals surface area contributed by atoms with Gasteiger partial charge in [0.2, 0.25) is 0 Å². The lowest BCUT2D eigenvalue weighted by Crippen LogP contribution is -2.39. The summed E-state index contributed by atoms with van der Waals surface area (Å²) >= 11 is 0. The van der Waals surface area contributed by atoms with Gasteiger partial charge in [0.25, 0.3) is 0 Å². The number of piperidine rings is 1. The molecule has 0 aromatic heterocycles. The van der Waals surface area contributed by atoms with Crippen LogP contribution in [0.3, 0.4) is 0 Å². The average Bonchev–Trinajstić information content (AvgIpc) is 2.47. The molecule has 1 saturated heterocycles. The number of rotatable bonds is 4. The number of nitrogens with one attached hydrogen (secondary N) is 1. The second-order valence-corrected chi connectivity index (χ2v) is 6.40. The van der Waals surface area contributed by atoms with Gasteiger partial charge < -0.3 is 10.4 Å². The van der Waals surface area contributed by atoms with Gasteiger partial charge in [0.05, 0.1) is 0 Å². The van der Waals surface area contributed by atoms with Crippen molar-refractivity contribution in [3.8, 4) is 5.75 Å². The van der Waals surface area contributed by atoms with E-state index >= 15 is 0 Å². The Bertz CT molecular complexity index is 510. The molecular formula is C18H28N2O. The van der Waals surface area contributed by atoms with Crippen LogP contribution in [0.5, 0.6) is 5.75 Å². The highest BCUT2D eigenvalue weighted by Gasteiger charge is 2.19. The lowest BCUT2D eigenvalue weighted by Gasteiger charge is -2.32. The van der Waals surface area contributed by atoms with Gasteiger partial charge in [-0.2, -0.15) is 0 Å². The minimum atomic E-state index is 0.418. The fourth-order valence-corrected chi connectivity index (χ4v) is 2.78. The molecule has 0 saturated carbocycles. The van der Waals surface area contributed by atoms with Crippen molar-refractivity contribution in [2.24, 2.45) is 0 Å². The zero-order valence-electron chi connectivity index (χ0n) is 13.7. The van der Waals surface area contributed by atoms with E-state index in [0.29, 0.717) is 11.8 Å². The Hall–Kier alpha value is -1.48. The van der Waals surface area contributed by atoms with E-state index in [4.69, 9.17) is 0 Å². The summed E-state index contributed by atoms with van der Waals surface area (Å²) in [6.07, 6.45) is 4.62. The Labute approximate surface area is 128 Å². The van der Waals surface area contributed by atoms with Crippen LogP contribution in [-0.4, -0.2) is 35.7 Å². The van der Waals surface area contributed by atoms with Gasteiger partial charge in [-0.05, 0) is 52.2 Å². The molecule has 0 atom stereocenters. The minimum absolute atomic E-state index is 0.418. The number of likely N-dealkylation sites (tertiary alicyclic amines) is 1. The molecule has 3 heteroatoms. The fraction of sp³-hybridized carbons (Fsp3) is 0.556. The molecule has 2 N–H and O–H groups in total. The molecule has 1 fully saturated rings. The predicted molar refractivity (Wildman–Crippen MR) is 90.1 cm³/mol. The number of hydrogen-bond acceptors (Lipinski definition) is 3. The molecule has 0 radical (unpaired) electrons. The molecular weight excluding hydrogens is 260 g/mol. The number of phenolic OH excluding ortho intramolecular Hbond substituents is 1. The van der Waals surface area contributed by atoms with E-state index < -0.39 is 0 Å². The van der Waals surface area contributed by atoms with Crippen molar-refractivity contribution >= 4 is 5.69 Å². The monoisotopic (exact) mass is 288 g/mol. The van der Waals surface area contributed by atoms with Crippen LogP contribution < -0.4 is 5.32 Å². The lowest BCUT2D eigenvalue weighted by atomic mass is 10.0. The second kappa shape index (κ2) is 6.99. The van der Waals surface area contributed by atoms with Gasteiger partial charge in [0.15, 0.2) is 0 Å². The Morgan fingerprint density at radius 2 is 1.95 bits per heavy atom. The molecule has 0 aliphatic carbocycles. The summed E-state index contributed by atoms with van der Waals surface area (Å²) in [7, 11) is 0. The van der Waals surface area contributed by atoms with Gasteiger partial charge in [-0.1, -0.05) is 17.7 Å². The molecule has 116 valence electrons. The molecule has 1 aliphatic rings. The molecule has 2 rings (SSSR count). The third-order valence-corrected chi connectivity index (χ3v) is 4.34. The first-order valence-corrected chi connectivity index (χ1v) is 7.89. The van der Waals surface area contributed by atoms with Crippen molar-refractivity contribution in [1.29, 1.82) is 0 Å². The molecule has 1 heterocycles. The van der Waals surface area contributed by atoms with E-state index in [1.54, 1.807) is 0 Å². The molecule has 0 unspecified atom stereocenters. The van der Waals surface area contributed by atoms with Crippen molar-refractivity contribution < 1.29 is 5.11 Å². The normalized spacial score (nSPS) is 16.8. The van der Waals surface area contributed by atoms with Crippen molar-refractivity contribution in [3.63, 3.8) is 0 Å². The summed E-state index contributed by atoms with van der Waals surface area (Å²) in [5.41, 5.74) is 4.36. The molecule has 0 amide bonds. The number of hydrogen-bond donors (Lipinski definition) is 2. The van der Waals surface area contributed by atoms with E-state index in [2.05, 4.69) is 36.2 Å². The Morgan fingerprint density at radius 1 is 1.29 bits per heavy atom. The van der Waals surface area contributed by atoms with Crippen molar-refractivity contribution in [3.05, 3.63) is 34.9 Å². The molecule has 1 aromatic rings. The third-order valence-electron chi connectivity index (χ3n) is 4.34. The van der Waals surface area contributed by atoms with Gasteiger partial charge >= 0.3 is 0 Å². The first-order chi connectivity index (χ1) is 9.97. The standard InChI is InChI=1S/C18H28N2O/c1-13(2)7-10-20-11-8-16(9-12-20)19-17-6-5-14(3)18(21)15(17)4/h5-7,16,19,21H,8-12H2,1-4H3. The van der Waals surface area contributed by atoms with Gasteiger partial charge in [-0.15, -0.1) is 0 Å². The first-order valence-electron chi connectivity index (χ1n) is 7.89. The zero-order chi connectivity index (χ0) is 15.4. The zero-order valence-corrected chi connectivity index (χ0v) is 13.7. The van der Waals surface area contributed by atoms with Crippen molar-refractivity contribution in [1.82, 2.24) is 4.90 Å². The maximum atomic E-state index is 10.0. The van der Waals surface area contributed by atoms with Gasteiger partial charge in [-0.3, -0.25) is 4.90 Å². The topological polar surface area (TPSA) is 35.5 Å². The summed E-state index contributed by atoms with van der Waals surface area (Å²) in [4.78, 5) is 2.50. The number of allylic oxidation sites excluding steroid dienone is 1. The minimum Gasteiger partial charge on any atom is -0.507 e. The van der Waals surface area contributed by atoms with Crippen LogP contribution in [0.15, 0.2) is 23.8 Å². The number of benzene rings is 1. The smallest absolute Gasteiger partial charge is 0.123 e. The number of anilines is 1. The largest absolute Gasteiger partial charge is 0.507 e. The molecule has 0 spiro atoms. The number of phenols is 1. The van der Waals surface area contributed by atoms with Gasteiger partial charge in [0.1, 0.15) is 5.75 Å². The van der Waals surface area contributed by atoms with Crippen LogP contribution in [0.25, 0.3) is 0 Å². The summed E-state index contributed by atoms with van der Waals surface area (Å²) in [5, 5.41) is 13.6. The van der Waals surface area contributed by atoms with E-state index in [-0.39, 0.29) is 0 Å². The SMILES string of the molecule is CC(C)=CCN1CCC(Nc2ccc(C)c(O)c2C)CC1. The van der Waals surface area contributed by atoms with Crippen LogP contribution in [0.4, 0.5) is 5.69 Å². The Morgan fingerprint density at radius 3 is 2.57 bits per heavy atom. The second-order valence-electron chi connectivity index (χ2n) is 6.40. The highest BCUT2D eigenvalue weighted by Crippen LogP contribution is 2.29. The summed E-state index contributed by atoms with van der Waals surface area (Å²) in [6.45, 7) is 11.6. The first kappa shape index (κ1) is 15.9. The van der Waals surface area contributed by atoms with Crippen LogP contribution in [0, 0.1) is 13.8 Å². The fourth-order valence-electron chi connectivity index (χ4n) is 2.78. The number of nitrogens with zero attached hydrogens (tertiary/aromatic N) is 1. The summed E-state index contributed by atoms with van der Waals surface area (Å²) in [5.74, 6) is 0.418. The van der Waals surface area contributed by atoms with Crippen LogP contribution in [0.2, 0.25) is 0 Å². The molecule has 0 bridgehead atoms. The quantitative estimate of drug-likeness (QED) is 0.826. The van der Waals surface area contributed by atoms with Crippen molar-refractivity contribution in [2.75, 3.05) is 25.0 Å². The summed E-state index contributed by atoms with van der Waals surface area (Å²) in [6, 6.07) is 4.57. The Balaban J connectivity index is 1.89. The predicted octanol–water partition coefficient (Wildman–Crippen LogP) is 3.85. The molecule has 1 aliphatic heterocycles. The highest BCUT2D eigenvalue weighted by molar-refractivity contribution is 5.59. The van der Waals surface area contributed by atoms with Crippen LogP contribution in [0.1, 0.15) is 37.8 Å². The van der Waals surface area contributed by atoms with Crippen LogP contribution >= 0.6 is 0 Å². The highest BCUT2D eigenvalue weighted by atomic mass is 16.3. The molecule has 1 aromatic carbocycles. The molecule has 3 nitrogen and oxygen atoms in total. The van der Waals surface area contributed by atoms with Crippen LogP contribution in [-0.2, 0) is 0 Å². The third kappa shape index (κ3) is 4.24.